The van der Waals surface area contributed by atoms with Crippen molar-refractivity contribution in [2.24, 2.45) is 0 Å². The number of hydrogen-bond donors (Lipinski definition) is 0. The fourth-order valence-corrected chi connectivity index (χ4v) is 8.23. The number of aryl methyl sites for hydroxylation is 2. The molecule has 304 valence electrons. The van der Waals surface area contributed by atoms with Crippen molar-refractivity contribution in [2.45, 2.75) is 251 Å². The average molecular weight is 771 g/mol. The maximum absolute atomic E-state index is 13.3. The minimum atomic E-state index is 0. The first-order valence-electron chi connectivity index (χ1n) is 23.7. The van der Waals surface area contributed by atoms with Crippen LogP contribution in [0.25, 0.3) is 0 Å². The molecule has 0 heterocycles. The Hall–Kier alpha value is -0.700. The molecule has 54 heavy (non-hydrogen) atoms. The summed E-state index contributed by atoms with van der Waals surface area (Å²) in [7, 11) is 0. The van der Waals surface area contributed by atoms with Crippen LogP contribution in [0.3, 0.4) is 0 Å². The Balaban J connectivity index is 0.0000146. The van der Waals surface area contributed by atoms with E-state index in [0.717, 1.165) is 47.9 Å². The second-order valence-corrected chi connectivity index (χ2v) is 16.8. The van der Waals surface area contributed by atoms with E-state index in [1.54, 1.807) is 0 Å². The summed E-state index contributed by atoms with van der Waals surface area (Å²) in [5.41, 5.74) is 3.41. The van der Waals surface area contributed by atoms with Gasteiger partial charge in [-0.15, -0.1) is 11.5 Å². The molecule has 0 atom stereocenters. The Kier molecular flexibility index (Phi) is 36.0. The summed E-state index contributed by atoms with van der Waals surface area (Å²) in [6.07, 6.45) is 48.6. The van der Waals surface area contributed by atoms with Crippen molar-refractivity contribution in [1.82, 2.24) is 0 Å². The van der Waals surface area contributed by atoms with Crippen LogP contribution in [0.1, 0.15) is 254 Å². The minimum Gasteiger partial charge on any atom is -0.872 e. The molecule has 0 aliphatic carbocycles. The van der Waals surface area contributed by atoms with Crippen molar-refractivity contribution in [3.8, 4) is 11.5 Å². The monoisotopic (exact) mass is 771 g/mol. The normalized spacial score (nSPS) is 11.3. The molecule has 3 heteroatoms. The molecule has 0 aliphatic heterocycles. The predicted molar refractivity (Wildman–Crippen MR) is 236 cm³/mol. The van der Waals surface area contributed by atoms with E-state index < -0.39 is 0 Å². The van der Waals surface area contributed by atoms with Crippen LogP contribution in [-0.4, -0.2) is 37.7 Å². The Morgan fingerprint density at radius 3 is 0.741 bits per heavy atom. The van der Waals surface area contributed by atoms with Gasteiger partial charge >= 0.3 is 37.7 Å². The topological polar surface area (TPSA) is 46.1 Å². The molecule has 0 aromatic heterocycles. The summed E-state index contributed by atoms with van der Waals surface area (Å²) in [5.74, 6) is 0.309. The number of para-hydroxylation sites is 2. The summed E-state index contributed by atoms with van der Waals surface area (Å²) in [5, 5.41) is 26.6. The molecule has 0 radical (unpaired) electrons. The molecule has 2 aromatic rings. The van der Waals surface area contributed by atoms with E-state index >= 15 is 0 Å². The fraction of sp³-hybridized carbons (Fsp3) is 0.765. The molecule has 0 unspecified atom stereocenters. The Bertz CT molecular complexity index is 1010. The van der Waals surface area contributed by atoms with Gasteiger partial charge in [-0.05, 0) is 32.1 Å². The van der Waals surface area contributed by atoms with E-state index in [0.29, 0.717) is 6.42 Å². The van der Waals surface area contributed by atoms with Crippen molar-refractivity contribution in [1.29, 1.82) is 0 Å². The van der Waals surface area contributed by atoms with Gasteiger partial charge < -0.3 is 10.2 Å². The molecule has 0 bridgehead atoms. The first-order valence-corrected chi connectivity index (χ1v) is 23.7. The minimum absolute atomic E-state index is 0. The summed E-state index contributed by atoms with van der Waals surface area (Å²) < 4.78 is 0. The van der Waals surface area contributed by atoms with Gasteiger partial charge in [-0.2, -0.15) is 0 Å². The van der Waals surface area contributed by atoms with E-state index in [4.69, 9.17) is 0 Å². The number of rotatable bonds is 38. The first-order chi connectivity index (χ1) is 26.2. The number of benzene rings is 2. The van der Waals surface area contributed by atoms with Crippen LogP contribution >= 0.6 is 0 Å². The van der Waals surface area contributed by atoms with Crippen LogP contribution < -0.4 is 10.2 Å². The molecule has 0 amide bonds. The van der Waals surface area contributed by atoms with Crippen molar-refractivity contribution in [3.63, 3.8) is 0 Å². The van der Waals surface area contributed by atoms with Crippen LogP contribution in [0.2, 0.25) is 0 Å². The molecule has 2 aromatic carbocycles. The standard InChI is InChI=1S/C51H88O2.Ca/c1-3-5-7-9-11-13-15-17-19-21-23-25-27-29-31-33-35-39-46-41-37-43-48(50(46)52)45-49-44-38-42-47(51(49)53)40-36-34-32-30-28-26-24-22-20-18-16-14-12-10-8-6-4-2;/h37-38,41-44,52-53H,3-36,39-40,45H2,1-2H3;/q;+2/p-2. The number of hydrogen-bond acceptors (Lipinski definition) is 2. The summed E-state index contributed by atoms with van der Waals surface area (Å²) in [4.78, 5) is 0. The second kappa shape index (κ2) is 37.9. The van der Waals surface area contributed by atoms with Gasteiger partial charge in [0.1, 0.15) is 0 Å². The molecule has 0 fully saturated rings. The van der Waals surface area contributed by atoms with Gasteiger partial charge in [-0.3, -0.25) is 0 Å². The molecule has 2 rings (SSSR count). The molecule has 0 saturated carbocycles. The van der Waals surface area contributed by atoms with E-state index in [-0.39, 0.29) is 49.2 Å². The summed E-state index contributed by atoms with van der Waals surface area (Å²) >= 11 is 0. The molecular formula is C51H86CaO2. The van der Waals surface area contributed by atoms with Gasteiger partial charge in [0.15, 0.2) is 0 Å². The van der Waals surface area contributed by atoms with Crippen LogP contribution in [0.4, 0.5) is 0 Å². The third kappa shape index (κ3) is 27.0. The SMILES string of the molecule is CCCCCCCCCCCCCCCCCCCc1cccc(Cc2cccc(CCCCCCCCCCCCCCCCCCC)c2[O-])c1[O-].[Ca+2]. The zero-order chi connectivity index (χ0) is 37.9. The summed E-state index contributed by atoms with van der Waals surface area (Å²) in [6, 6.07) is 11.9. The predicted octanol–water partition coefficient (Wildman–Crippen LogP) is 15.4. The van der Waals surface area contributed by atoms with E-state index in [1.807, 2.05) is 36.4 Å². The second-order valence-electron chi connectivity index (χ2n) is 16.8. The smallest absolute Gasteiger partial charge is 0.872 e. The van der Waals surface area contributed by atoms with Crippen molar-refractivity contribution < 1.29 is 10.2 Å². The van der Waals surface area contributed by atoms with Gasteiger partial charge in [0.05, 0.1) is 0 Å². The quantitative estimate of drug-likeness (QED) is 0.0504. The zero-order valence-electron chi connectivity index (χ0n) is 36.2. The van der Waals surface area contributed by atoms with E-state index in [1.165, 1.54) is 205 Å². The average Bonchev–Trinajstić information content (AvgIpc) is 3.16. The Labute approximate surface area is 366 Å². The zero-order valence-corrected chi connectivity index (χ0v) is 38.4. The van der Waals surface area contributed by atoms with Crippen LogP contribution in [0.5, 0.6) is 11.5 Å². The van der Waals surface area contributed by atoms with Crippen molar-refractivity contribution in [3.05, 3.63) is 58.7 Å². The first kappa shape index (κ1) is 51.3. The molecule has 0 aliphatic rings. The molecule has 2 nitrogen and oxygen atoms in total. The van der Waals surface area contributed by atoms with Crippen LogP contribution in [-0.2, 0) is 19.3 Å². The van der Waals surface area contributed by atoms with Gasteiger partial charge in [-0.25, -0.2) is 0 Å². The van der Waals surface area contributed by atoms with Crippen molar-refractivity contribution in [2.75, 3.05) is 0 Å². The third-order valence-electron chi connectivity index (χ3n) is 11.8. The van der Waals surface area contributed by atoms with Crippen LogP contribution in [0.15, 0.2) is 36.4 Å². The maximum atomic E-state index is 13.3. The molecule has 0 saturated heterocycles. The maximum Gasteiger partial charge on any atom is 2.00 e. The van der Waals surface area contributed by atoms with Crippen molar-refractivity contribution >= 4 is 37.7 Å². The van der Waals surface area contributed by atoms with Gasteiger partial charge in [-0.1, -0.05) is 278 Å². The Morgan fingerprint density at radius 1 is 0.296 bits per heavy atom. The fourth-order valence-electron chi connectivity index (χ4n) is 8.23. The van der Waals surface area contributed by atoms with Crippen LogP contribution in [0, 0.1) is 0 Å². The summed E-state index contributed by atoms with van der Waals surface area (Å²) in [6.45, 7) is 4.58. The largest absolute Gasteiger partial charge is 2.00 e. The van der Waals surface area contributed by atoms with E-state index in [9.17, 15) is 10.2 Å². The molecule has 0 spiro atoms. The van der Waals surface area contributed by atoms with Gasteiger partial charge in [0, 0.05) is 0 Å². The Morgan fingerprint density at radius 2 is 0.500 bits per heavy atom. The third-order valence-corrected chi connectivity index (χ3v) is 11.8. The number of unbranched alkanes of at least 4 members (excludes halogenated alkanes) is 32. The van der Waals surface area contributed by atoms with Gasteiger partial charge in [0.2, 0.25) is 0 Å². The molecule has 0 N–H and O–H groups in total. The van der Waals surface area contributed by atoms with E-state index in [2.05, 4.69) is 13.8 Å². The van der Waals surface area contributed by atoms with Gasteiger partial charge in [0.25, 0.3) is 0 Å². The molecular weight excluding hydrogens is 685 g/mol.